The van der Waals surface area contributed by atoms with Crippen LogP contribution in [0.15, 0.2) is 4.52 Å². The number of hydrogen-bond donors (Lipinski definition) is 1. The van der Waals surface area contributed by atoms with Crippen molar-refractivity contribution < 1.29 is 9.26 Å². The molecule has 0 spiro atoms. The van der Waals surface area contributed by atoms with Gasteiger partial charge in [0, 0.05) is 6.61 Å². The summed E-state index contributed by atoms with van der Waals surface area (Å²) in [6.45, 7) is 2.65. The van der Waals surface area contributed by atoms with Crippen molar-refractivity contribution in [1.82, 2.24) is 10.1 Å². The summed E-state index contributed by atoms with van der Waals surface area (Å²) in [6.07, 6.45) is 5.46. The SMILES string of the molecule is CCOC1(c2noc(N)n2)CCCCC1. The monoisotopic (exact) mass is 211 g/mol. The summed E-state index contributed by atoms with van der Waals surface area (Å²) in [5.74, 6) is 0.613. The van der Waals surface area contributed by atoms with Gasteiger partial charge in [0.15, 0.2) is 0 Å². The smallest absolute Gasteiger partial charge is 0.318 e. The molecule has 2 rings (SSSR count). The van der Waals surface area contributed by atoms with Crippen LogP contribution in [0.5, 0.6) is 0 Å². The Balaban J connectivity index is 2.24. The predicted octanol–water partition coefficient (Wildman–Crippen LogP) is 1.85. The Labute approximate surface area is 89.0 Å². The molecule has 1 fully saturated rings. The largest absolute Gasteiger partial charge is 0.367 e. The third kappa shape index (κ3) is 1.97. The highest BCUT2D eigenvalue weighted by Crippen LogP contribution is 2.39. The van der Waals surface area contributed by atoms with E-state index >= 15 is 0 Å². The minimum absolute atomic E-state index is 0.120. The fourth-order valence-electron chi connectivity index (χ4n) is 2.25. The minimum atomic E-state index is -0.353. The molecule has 5 heteroatoms. The Morgan fingerprint density at radius 1 is 1.40 bits per heavy atom. The molecule has 0 aliphatic heterocycles. The Morgan fingerprint density at radius 2 is 2.13 bits per heavy atom. The van der Waals surface area contributed by atoms with Gasteiger partial charge >= 0.3 is 6.01 Å². The molecular weight excluding hydrogens is 194 g/mol. The Morgan fingerprint density at radius 3 is 2.67 bits per heavy atom. The molecule has 1 aromatic heterocycles. The normalized spacial score (nSPS) is 20.3. The van der Waals surface area contributed by atoms with E-state index in [9.17, 15) is 0 Å². The van der Waals surface area contributed by atoms with Crippen molar-refractivity contribution in [2.24, 2.45) is 0 Å². The van der Waals surface area contributed by atoms with Crippen molar-refractivity contribution in [1.29, 1.82) is 0 Å². The van der Waals surface area contributed by atoms with Crippen molar-refractivity contribution in [3.05, 3.63) is 5.82 Å². The molecule has 0 radical (unpaired) electrons. The summed E-state index contributed by atoms with van der Waals surface area (Å²) in [7, 11) is 0. The molecule has 2 N–H and O–H groups in total. The van der Waals surface area contributed by atoms with Crippen LogP contribution >= 0.6 is 0 Å². The topological polar surface area (TPSA) is 74.2 Å². The first-order chi connectivity index (χ1) is 7.27. The van der Waals surface area contributed by atoms with Gasteiger partial charge in [-0.1, -0.05) is 24.4 Å². The van der Waals surface area contributed by atoms with Gasteiger partial charge in [0.1, 0.15) is 5.60 Å². The second-order valence-electron chi connectivity index (χ2n) is 3.94. The average Bonchev–Trinajstić information content (AvgIpc) is 2.67. The standard InChI is InChI=1S/C10H17N3O2/c1-2-14-10(6-4-3-5-7-10)8-12-9(11)15-13-8/h2-7H2,1H3,(H2,11,12,13). The van der Waals surface area contributed by atoms with Crippen LogP contribution < -0.4 is 5.73 Å². The molecular formula is C10H17N3O2. The molecule has 84 valence electrons. The summed E-state index contributed by atoms with van der Waals surface area (Å²) < 4.78 is 10.7. The lowest BCUT2D eigenvalue weighted by Crippen LogP contribution is -2.33. The van der Waals surface area contributed by atoms with Gasteiger partial charge in [0.2, 0.25) is 5.82 Å². The second-order valence-corrected chi connectivity index (χ2v) is 3.94. The number of aromatic nitrogens is 2. The highest BCUT2D eigenvalue weighted by molar-refractivity contribution is 5.12. The molecule has 1 saturated carbocycles. The first-order valence-electron chi connectivity index (χ1n) is 5.50. The number of rotatable bonds is 3. The van der Waals surface area contributed by atoms with Crippen LogP contribution in [0.1, 0.15) is 44.9 Å². The molecule has 15 heavy (non-hydrogen) atoms. The van der Waals surface area contributed by atoms with Crippen LogP contribution in [0.2, 0.25) is 0 Å². The lowest BCUT2D eigenvalue weighted by atomic mass is 9.84. The van der Waals surface area contributed by atoms with Crippen LogP contribution in [0.25, 0.3) is 0 Å². The van der Waals surface area contributed by atoms with Crippen LogP contribution in [0, 0.1) is 0 Å². The number of nitrogen functional groups attached to an aromatic ring is 1. The zero-order valence-corrected chi connectivity index (χ0v) is 9.03. The zero-order chi connectivity index (χ0) is 10.7. The lowest BCUT2D eigenvalue weighted by molar-refractivity contribution is -0.0777. The first kappa shape index (κ1) is 10.4. The molecule has 1 heterocycles. The maximum atomic E-state index is 5.83. The number of ether oxygens (including phenoxy) is 1. The van der Waals surface area contributed by atoms with E-state index in [1.165, 1.54) is 6.42 Å². The van der Waals surface area contributed by atoms with Gasteiger partial charge in [0.25, 0.3) is 0 Å². The number of hydrogen-bond acceptors (Lipinski definition) is 5. The fraction of sp³-hybridized carbons (Fsp3) is 0.800. The number of nitrogens with two attached hydrogens (primary N) is 1. The van der Waals surface area contributed by atoms with E-state index < -0.39 is 0 Å². The van der Waals surface area contributed by atoms with E-state index in [2.05, 4.69) is 10.1 Å². The molecule has 0 atom stereocenters. The van der Waals surface area contributed by atoms with Gasteiger partial charge in [-0.25, -0.2) is 0 Å². The molecule has 0 aromatic carbocycles. The molecule has 1 aliphatic rings. The van der Waals surface area contributed by atoms with E-state index in [-0.39, 0.29) is 11.6 Å². The van der Waals surface area contributed by atoms with Crippen molar-refractivity contribution in [3.8, 4) is 0 Å². The van der Waals surface area contributed by atoms with Gasteiger partial charge < -0.3 is 15.0 Å². The third-order valence-corrected chi connectivity index (χ3v) is 2.93. The van der Waals surface area contributed by atoms with E-state index in [0.29, 0.717) is 12.4 Å². The third-order valence-electron chi connectivity index (χ3n) is 2.93. The molecule has 1 aromatic rings. The van der Waals surface area contributed by atoms with Crippen LogP contribution in [-0.2, 0) is 10.3 Å². The molecule has 0 bridgehead atoms. The summed E-state index contributed by atoms with van der Waals surface area (Å²) in [6, 6.07) is 0.120. The molecule has 0 saturated heterocycles. The molecule has 0 unspecified atom stereocenters. The highest BCUT2D eigenvalue weighted by atomic mass is 16.5. The summed E-state index contributed by atoms with van der Waals surface area (Å²) in [5.41, 5.74) is 5.09. The fourth-order valence-corrected chi connectivity index (χ4v) is 2.25. The Bertz CT molecular complexity index is 313. The molecule has 5 nitrogen and oxygen atoms in total. The van der Waals surface area contributed by atoms with Crippen molar-refractivity contribution in [3.63, 3.8) is 0 Å². The zero-order valence-electron chi connectivity index (χ0n) is 9.03. The van der Waals surface area contributed by atoms with Crippen molar-refractivity contribution >= 4 is 6.01 Å². The van der Waals surface area contributed by atoms with Gasteiger partial charge in [-0.2, -0.15) is 4.98 Å². The van der Waals surface area contributed by atoms with Crippen LogP contribution in [0.3, 0.4) is 0 Å². The van der Waals surface area contributed by atoms with E-state index in [1.54, 1.807) is 0 Å². The first-order valence-corrected chi connectivity index (χ1v) is 5.50. The summed E-state index contributed by atoms with van der Waals surface area (Å²) in [5, 5.41) is 3.89. The number of nitrogens with zero attached hydrogens (tertiary/aromatic N) is 2. The van der Waals surface area contributed by atoms with Gasteiger partial charge in [-0.3, -0.25) is 0 Å². The van der Waals surface area contributed by atoms with Gasteiger partial charge in [-0.15, -0.1) is 0 Å². The summed E-state index contributed by atoms with van der Waals surface area (Å²) in [4.78, 5) is 4.10. The average molecular weight is 211 g/mol. The lowest BCUT2D eigenvalue weighted by Gasteiger charge is -2.33. The summed E-state index contributed by atoms with van der Waals surface area (Å²) >= 11 is 0. The maximum absolute atomic E-state index is 5.83. The number of anilines is 1. The molecule has 0 amide bonds. The van der Waals surface area contributed by atoms with Crippen LogP contribution in [0.4, 0.5) is 6.01 Å². The predicted molar refractivity (Wildman–Crippen MR) is 55.1 cm³/mol. The van der Waals surface area contributed by atoms with Crippen molar-refractivity contribution in [2.75, 3.05) is 12.3 Å². The van der Waals surface area contributed by atoms with E-state index in [0.717, 1.165) is 25.7 Å². The van der Waals surface area contributed by atoms with E-state index in [4.69, 9.17) is 15.0 Å². The highest BCUT2D eigenvalue weighted by Gasteiger charge is 2.38. The Kier molecular flexibility index (Phi) is 2.90. The minimum Gasteiger partial charge on any atom is -0.367 e. The maximum Gasteiger partial charge on any atom is 0.318 e. The van der Waals surface area contributed by atoms with Crippen molar-refractivity contribution in [2.45, 2.75) is 44.6 Å². The van der Waals surface area contributed by atoms with Crippen LogP contribution in [-0.4, -0.2) is 16.7 Å². The second kappa shape index (κ2) is 4.18. The van der Waals surface area contributed by atoms with Gasteiger partial charge in [-0.05, 0) is 19.8 Å². The van der Waals surface area contributed by atoms with E-state index in [1.807, 2.05) is 6.92 Å². The quantitative estimate of drug-likeness (QED) is 0.825. The Hall–Kier alpha value is -1.10. The van der Waals surface area contributed by atoms with Gasteiger partial charge in [0.05, 0.1) is 0 Å². The molecule has 1 aliphatic carbocycles.